The lowest BCUT2D eigenvalue weighted by atomic mass is 10.0. The summed E-state index contributed by atoms with van der Waals surface area (Å²) < 4.78 is 13.0. The molecule has 6 nitrogen and oxygen atoms in total. The molecule has 0 aliphatic carbocycles. The Morgan fingerprint density at radius 3 is 2.30 bits per heavy atom. The molecule has 3 aromatic rings. The van der Waals surface area contributed by atoms with Crippen molar-refractivity contribution in [3.63, 3.8) is 0 Å². The van der Waals surface area contributed by atoms with Gasteiger partial charge in [-0.05, 0) is 54.8 Å². The van der Waals surface area contributed by atoms with Crippen LogP contribution in [0.15, 0.2) is 53.7 Å². The number of hydrogen-bond donors (Lipinski definition) is 0. The summed E-state index contributed by atoms with van der Waals surface area (Å²) in [5.74, 6) is 3.09. The zero-order valence-corrected chi connectivity index (χ0v) is 18.6. The number of ether oxygens (including phenoxy) is 2. The van der Waals surface area contributed by atoms with E-state index >= 15 is 0 Å². The number of carbonyl (C=O) groups excluding carboxylic acids is 1. The first kappa shape index (κ1) is 21.9. The van der Waals surface area contributed by atoms with E-state index in [1.165, 1.54) is 17.3 Å². The number of methoxy groups -OCH3 is 1. The van der Waals surface area contributed by atoms with Crippen LogP contribution in [0.2, 0.25) is 0 Å². The second-order valence-corrected chi connectivity index (χ2v) is 8.04. The third-order valence-corrected chi connectivity index (χ3v) is 5.74. The fraction of sp³-hybridized carbons (Fsp3) is 0.348. The van der Waals surface area contributed by atoms with Gasteiger partial charge in [0.2, 0.25) is 0 Å². The topological polar surface area (TPSA) is 66.2 Å². The highest BCUT2D eigenvalue weighted by Crippen LogP contribution is 2.22. The largest absolute Gasteiger partial charge is 0.497 e. The number of benzene rings is 2. The highest BCUT2D eigenvalue weighted by molar-refractivity contribution is 7.99. The summed E-state index contributed by atoms with van der Waals surface area (Å²) in [5, 5.41) is 9.23. The molecular weight excluding hydrogens is 398 g/mol. The van der Waals surface area contributed by atoms with Gasteiger partial charge in [-0.25, -0.2) is 0 Å². The minimum absolute atomic E-state index is 0.0383. The number of hydrogen-bond acceptors (Lipinski definition) is 6. The molecule has 30 heavy (non-hydrogen) atoms. The third kappa shape index (κ3) is 5.42. The Labute approximate surface area is 181 Å². The van der Waals surface area contributed by atoms with E-state index in [-0.39, 0.29) is 5.78 Å². The molecule has 3 rings (SSSR count). The lowest BCUT2D eigenvalue weighted by Crippen LogP contribution is -2.08. The number of aromatic nitrogens is 3. The summed E-state index contributed by atoms with van der Waals surface area (Å²) in [6.45, 7) is 7.39. The van der Waals surface area contributed by atoms with Gasteiger partial charge in [0.15, 0.2) is 16.8 Å². The van der Waals surface area contributed by atoms with Gasteiger partial charge in [-0.1, -0.05) is 37.7 Å². The van der Waals surface area contributed by atoms with Crippen LogP contribution in [-0.4, -0.2) is 33.4 Å². The second-order valence-electron chi connectivity index (χ2n) is 7.10. The maximum absolute atomic E-state index is 12.5. The van der Waals surface area contributed by atoms with E-state index in [0.717, 1.165) is 17.3 Å². The second kappa shape index (κ2) is 10.3. The van der Waals surface area contributed by atoms with E-state index in [0.29, 0.717) is 35.5 Å². The van der Waals surface area contributed by atoms with Crippen LogP contribution >= 0.6 is 11.8 Å². The lowest BCUT2D eigenvalue weighted by molar-refractivity contribution is 0.102. The van der Waals surface area contributed by atoms with Crippen LogP contribution in [0.5, 0.6) is 11.5 Å². The fourth-order valence-electron chi connectivity index (χ4n) is 2.94. The van der Waals surface area contributed by atoms with Gasteiger partial charge in [-0.2, -0.15) is 0 Å². The van der Waals surface area contributed by atoms with Gasteiger partial charge in [0.25, 0.3) is 0 Å². The quantitative estimate of drug-likeness (QED) is 0.337. The average Bonchev–Trinajstić information content (AvgIpc) is 3.18. The first-order valence-electron chi connectivity index (χ1n) is 9.96. The van der Waals surface area contributed by atoms with E-state index in [4.69, 9.17) is 9.47 Å². The van der Waals surface area contributed by atoms with Crippen molar-refractivity contribution in [3.05, 3.63) is 65.5 Å². The molecule has 7 heteroatoms. The molecule has 0 N–H and O–H groups in total. The molecule has 0 amide bonds. The minimum atomic E-state index is 0.0383. The van der Waals surface area contributed by atoms with Gasteiger partial charge in [-0.3, -0.25) is 4.79 Å². The van der Waals surface area contributed by atoms with Gasteiger partial charge < -0.3 is 14.0 Å². The highest BCUT2D eigenvalue weighted by atomic mass is 32.2. The molecule has 1 heterocycles. The Morgan fingerprint density at radius 2 is 1.70 bits per heavy atom. The van der Waals surface area contributed by atoms with Crippen molar-refractivity contribution in [2.24, 2.45) is 0 Å². The van der Waals surface area contributed by atoms with Gasteiger partial charge in [-0.15, -0.1) is 10.2 Å². The van der Waals surface area contributed by atoms with Crippen molar-refractivity contribution in [3.8, 4) is 11.5 Å². The van der Waals surface area contributed by atoms with Crippen LogP contribution in [0.25, 0.3) is 0 Å². The number of rotatable bonds is 10. The van der Waals surface area contributed by atoms with Crippen LogP contribution in [0.3, 0.4) is 0 Å². The Kier molecular flexibility index (Phi) is 7.52. The standard InChI is InChI=1S/C23H27N3O3S/c1-5-26-22(14-29-20-12-6-17(7-13-20)16(2)3)24-25-23(26)30-15-21(27)18-8-10-19(28-4)11-9-18/h6-13,16H,5,14-15H2,1-4H3. The van der Waals surface area contributed by atoms with Gasteiger partial charge in [0, 0.05) is 12.1 Å². The number of Topliss-reactive ketones (excluding diaryl/α,β-unsaturated/α-hetero) is 1. The van der Waals surface area contributed by atoms with Gasteiger partial charge >= 0.3 is 0 Å². The van der Waals surface area contributed by atoms with E-state index < -0.39 is 0 Å². The molecule has 0 fully saturated rings. The van der Waals surface area contributed by atoms with E-state index in [2.05, 4.69) is 36.2 Å². The van der Waals surface area contributed by atoms with Crippen molar-refractivity contribution in [1.82, 2.24) is 14.8 Å². The van der Waals surface area contributed by atoms with E-state index in [9.17, 15) is 4.79 Å². The Bertz CT molecular complexity index is 966. The molecule has 0 bridgehead atoms. The monoisotopic (exact) mass is 425 g/mol. The molecule has 0 aliphatic heterocycles. The molecule has 0 saturated carbocycles. The number of carbonyl (C=O) groups is 1. The fourth-order valence-corrected chi connectivity index (χ4v) is 3.85. The van der Waals surface area contributed by atoms with Crippen LogP contribution < -0.4 is 9.47 Å². The number of thioether (sulfide) groups is 1. The maximum atomic E-state index is 12.5. The van der Waals surface area contributed by atoms with Crippen LogP contribution in [-0.2, 0) is 13.2 Å². The third-order valence-electron chi connectivity index (χ3n) is 4.77. The molecule has 158 valence electrons. The molecular formula is C23H27N3O3S. The zero-order chi connectivity index (χ0) is 21.5. The minimum Gasteiger partial charge on any atom is -0.497 e. The Balaban J connectivity index is 1.59. The van der Waals surface area contributed by atoms with Crippen molar-refractivity contribution in [1.29, 1.82) is 0 Å². The molecule has 0 unspecified atom stereocenters. The summed E-state index contributed by atoms with van der Waals surface area (Å²) in [4.78, 5) is 12.5. The predicted octanol–water partition coefficient (Wildman–Crippen LogP) is 4.98. The first-order chi connectivity index (χ1) is 14.5. The lowest BCUT2D eigenvalue weighted by Gasteiger charge is -2.10. The van der Waals surface area contributed by atoms with Crippen LogP contribution in [0.4, 0.5) is 0 Å². The van der Waals surface area contributed by atoms with Crippen LogP contribution in [0.1, 0.15) is 48.4 Å². The summed E-state index contributed by atoms with van der Waals surface area (Å²) in [6, 6.07) is 15.2. The summed E-state index contributed by atoms with van der Waals surface area (Å²) >= 11 is 1.39. The SMILES string of the molecule is CCn1c(COc2ccc(C(C)C)cc2)nnc1SCC(=O)c1ccc(OC)cc1. The van der Waals surface area contributed by atoms with Crippen molar-refractivity contribution < 1.29 is 14.3 Å². The van der Waals surface area contributed by atoms with Gasteiger partial charge in [0.1, 0.15) is 18.1 Å². The highest BCUT2D eigenvalue weighted by Gasteiger charge is 2.15. The molecule has 2 aromatic carbocycles. The molecule has 0 saturated heterocycles. The normalized spacial score (nSPS) is 11.0. The zero-order valence-electron chi connectivity index (χ0n) is 17.8. The molecule has 1 aromatic heterocycles. The molecule has 0 spiro atoms. The summed E-state index contributed by atoms with van der Waals surface area (Å²) in [6.07, 6.45) is 0. The average molecular weight is 426 g/mol. The summed E-state index contributed by atoms with van der Waals surface area (Å²) in [5.41, 5.74) is 1.93. The predicted molar refractivity (Wildman–Crippen MR) is 119 cm³/mol. The van der Waals surface area contributed by atoms with Crippen molar-refractivity contribution >= 4 is 17.5 Å². The maximum Gasteiger partial charge on any atom is 0.191 e. The molecule has 0 atom stereocenters. The Morgan fingerprint density at radius 1 is 1.03 bits per heavy atom. The van der Waals surface area contributed by atoms with Crippen molar-refractivity contribution in [2.45, 2.75) is 45.0 Å². The Hall–Kier alpha value is -2.80. The number of nitrogens with zero attached hydrogens (tertiary/aromatic N) is 3. The first-order valence-corrected chi connectivity index (χ1v) is 10.9. The molecule has 0 aliphatic rings. The number of ketones is 1. The summed E-state index contributed by atoms with van der Waals surface area (Å²) in [7, 11) is 1.60. The van der Waals surface area contributed by atoms with E-state index in [1.807, 2.05) is 23.6 Å². The van der Waals surface area contributed by atoms with Crippen LogP contribution in [0, 0.1) is 0 Å². The molecule has 0 radical (unpaired) electrons. The smallest absolute Gasteiger partial charge is 0.191 e. The van der Waals surface area contributed by atoms with Gasteiger partial charge in [0.05, 0.1) is 12.9 Å². The van der Waals surface area contributed by atoms with E-state index in [1.54, 1.807) is 31.4 Å². The van der Waals surface area contributed by atoms with Crippen molar-refractivity contribution in [2.75, 3.05) is 12.9 Å².